The van der Waals surface area contributed by atoms with Crippen LogP contribution >= 0.6 is 11.8 Å². The maximum absolute atomic E-state index is 12.2. The van der Waals surface area contributed by atoms with Crippen LogP contribution in [0, 0.1) is 0 Å². The molecule has 1 amide bonds. The molecule has 128 valence electrons. The van der Waals surface area contributed by atoms with Gasteiger partial charge in [0.05, 0.1) is 20.3 Å². The van der Waals surface area contributed by atoms with Crippen LogP contribution in [-0.2, 0) is 11.3 Å². The summed E-state index contributed by atoms with van der Waals surface area (Å²) in [5.41, 5.74) is 1.15. The van der Waals surface area contributed by atoms with Crippen molar-refractivity contribution in [1.82, 2.24) is 10.2 Å². The third kappa shape index (κ3) is 4.32. The van der Waals surface area contributed by atoms with E-state index in [2.05, 4.69) is 10.2 Å². The largest absolute Gasteiger partial charge is 0.493 e. The third-order valence-electron chi connectivity index (χ3n) is 4.24. The van der Waals surface area contributed by atoms with Gasteiger partial charge in [0.1, 0.15) is 0 Å². The first-order chi connectivity index (χ1) is 11.1. The molecule has 5 nitrogen and oxygen atoms in total. The van der Waals surface area contributed by atoms with E-state index >= 15 is 0 Å². The molecule has 1 atom stereocenters. The van der Waals surface area contributed by atoms with Gasteiger partial charge in [0.15, 0.2) is 11.5 Å². The van der Waals surface area contributed by atoms with Gasteiger partial charge in [-0.05, 0) is 50.3 Å². The Kier molecular flexibility index (Phi) is 6.59. The Morgan fingerprint density at radius 1 is 1.26 bits per heavy atom. The molecule has 1 heterocycles. The number of nitrogens with one attached hydrogen (secondary N) is 1. The lowest BCUT2D eigenvalue weighted by Gasteiger charge is -2.26. The second-order valence-corrected chi connectivity index (χ2v) is 6.58. The van der Waals surface area contributed by atoms with E-state index in [0.717, 1.165) is 47.8 Å². The number of benzene rings is 1. The topological polar surface area (TPSA) is 50.8 Å². The molecule has 0 unspecified atom stereocenters. The Morgan fingerprint density at radius 2 is 1.96 bits per heavy atom. The van der Waals surface area contributed by atoms with Crippen molar-refractivity contribution in [1.29, 1.82) is 0 Å². The van der Waals surface area contributed by atoms with Gasteiger partial charge < -0.3 is 14.8 Å². The lowest BCUT2D eigenvalue weighted by molar-refractivity contribution is -0.125. The van der Waals surface area contributed by atoms with Crippen LogP contribution in [-0.4, -0.2) is 50.9 Å². The molecule has 1 aromatic carbocycles. The molecule has 0 aromatic heterocycles. The van der Waals surface area contributed by atoms with Crippen LogP contribution in [0.1, 0.15) is 24.8 Å². The van der Waals surface area contributed by atoms with Crippen LogP contribution in [0.2, 0.25) is 0 Å². The summed E-state index contributed by atoms with van der Waals surface area (Å²) in [6, 6.07) is 3.94. The van der Waals surface area contributed by atoms with E-state index in [1.54, 1.807) is 26.0 Å². The predicted molar refractivity (Wildman–Crippen MR) is 93.4 cm³/mol. The second kappa shape index (κ2) is 8.45. The second-order valence-electron chi connectivity index (χ2n) is 5.74. The minimum absolute atomic E-state index is 0.0692. The number of nitrogens with zero attached hydrogens (tertiary/aromatic N) is 1. The zero-order valence-corrected chi connectivity index (χ0v) is 15.2. The molecule has 0 radical (unpaired) electrons. The summed E-state index contributed by atoms with van der Waals surface area (Å²) in [6.45, 7) is 1.49. The smallest absolute Gasteiger partial charge is 0.237 e. The van der Waals surface area contributed by atoms with Gasteiger partial charge in [-0.2, -0.15) is 0 Å². The van der Waals surface area contributed by atoms with Gasteiger partial charge >= 0.3 is 0 Å². The Hall–Kier alpha value is -1.40. The Balaban J connectivity index is 2.22. The number of hydrogen-bond donors (Lipinski definition) is 1. The molecule has 0 bridgehead atoms. The molecular weight excluding hydrogens is 312 g/mol. The van der Waals surface area contributed by atoms with Crippen molar-refractivity contribution in [2.45, 2.75) is 36.7 Å². The first-order valence-corrected chi connectivity index (χ1v) is 9.10. The van der Waals surface area contributed by atoms with E-state index in [4.69, 9.17) is 9.47 Å². The van der Waals surface area contributed by atoms with Crippen LogP contribution in [0.15, 0.2) is 17.0 Å². The zero-order chi connectivity index (χ0) is 16.8. The highest BCUT2D eigenvalue weighted by Gasteiger charge is 2.25. The standard InChI is InChI=1S/C17H26N2O3S/c1-19(13-7-5-6-8-18-17(13)20)11-12-9-14(21-2)15(22-3)10-16(12)23-4/h9-10,13H,5-8,11H2,1-4H3,(H,18,20)/t13-/m0/s1. The molecule has 2 rings (SSSR count). The van der Waals surface area contributed by atoms with Gasteiger partial charge in [-0.1, -0.05) is 0 Å². The van der Waals surface area contributed by atoms with E-state index in [1.807, 2.05) is 25.4 Å². The SMILES string of the molecule is COc1cc(CN(C)[C@H]2CCCCNC2=O)c(SC)cc1OC. The molecule has 1 fully saturated rings. The average Bonchev–Trinajstić information content (AvgIpc) is 2.78. The molecule has 0 aliphatic carbocycles. The monoisotopic (exact) mass is 338 g/mol. The molecular formula is C17H26N2O3S. The van der Waals surface area contributed by atoms with E-state index in [1.165, 1.54) is 0 Å². The number of rotatable bonds is 6. The molecule has 1 aliphatic rings. The molecule has 0 spiro atoms. The molecule has 1 aliphatic heterocycles. The first kappa shape index (κ1) is 17.9. The summed E-state index contributed by atoms with van der Waals surface area (Å²) in [4.78, 5) is 15.5. The van der Waals surface area contributed by atoms with E-state index in [0.29, 0.717) is 6.54 Å². The maximum atomic E-state index is 12.2. The van der Waals surface area contributed by atoms with E-state index < -0.39 is 0 Å². The van der Waals surface area contributed by atoms with Gasteiger partial charge in [0.2, 0.25) is 5.91 Å². The summed E-state index contributed by atoms with van der Waals surface area (Å²) >= 11 is 1.67. The van der Waals surface area contributed by atoms with Crippen LogP contribution < -0.4 is 14.8 Å². The third-order valence-corrected chi connectivity index (χ3v) is 5.06. The molecule has 6 heteroatoms. The zero-order valence-electron chi connectivity index (χ0n) is 14.3. The highest BCUT2D eigenvalue weighted by atomic mass is 32.2. The van der Waals surface area contributed by atoms with Crippen molar-refractivity contribution in [2.24, 2.45) is 0 Å². The summed E-state index contributed by atoms with van der Waals surface area (Å²) in [7, 11) is 5.29. The van der Waals surface area contributed by atoms with Gasteiger partial charge in [0.25, 0.3) is 0 Å². The quantitative estimate of drug-likeness (QED) is 0.808. The lowest BCUT2D eigenvalue weighted by Crippen LogP contribution is -2.43. The Morgan fingerprint density at radius 3 is 2.61 bits per heavy atom. The Labute approximate surface area is 142 Å². The fourth-order valence-corrected chi connectivity index (χ4v) is 3.55. The maximum Gasteiger partial charge on any atom is 0.237 e. The van der Waals surface area contributed by atoms with Crippen molar-refractivity contribution in [3.63, 3.8) is 0 Å². The van der Waals surface area contributed by atoms with Gasteiger partial charge in [-0.15, -0.1) is 11.8 Å². The number of ether oxygens (including phenoxy) is 2. The number of carbonyl (C=O) groups is 1. The average molecular weight is 338 g/mol. The van der Waals surface area contributed by atoms with E-state index in [9.17, 15) is 4.79 Å². The number of amides is 1. The number of hydrogen-bond acceptors (Lipinski definition) is 5. The van der Waals surface area contributed by atoms with E-state index in [-0.39, 0.29) is 11.9 Å². The lowest BCUT2D eigenvalue weighted by atomic mass is 10.1. The highest BCUT2D eigenvalue weighted by molar-refractivity contribution is 7.98. The summed E-state index contributed by atoms with van der Waals surface area (Å²) < 4.78 is 10.8. The van der Waals surface area contributed by atoms with Crippen molar-refractivity contribution >= 4 is 17.7 Å². The number of carbonyl (C=O) groups excluding carboxylic acids is 1. The predicted octanol–water partition coefficient (Wildman–Crippen LogP) is 2.53. The normalized spacial score (nSPS) is 18.5. The minimum atomic E-state index is -0.0692. The minimum Gasteiger partial charge on any atom is -0.493 e. The van der Waals surface area contributed by atoms with Gasteiger partial charge in [0, 0.05) is 18.0 Å². The highest BCUT2D eigenvalue weighted by Crippen LogP contribution is 2.35. The summed E-state index contributed by atoms with van der Waals surface area (Å²) in [5, 5.41) is 3.00. The van der Waals surface area contributed by atoms with Crippen molar-refractivity contribution in [3.8, 4) is 11.5 Å². The molecule has 0 saturated carbocycles. The fraction of sp³-hybridized carbons (Fsp3) is 0.588. The number of likely N-dealkylation sites (N-methyl/N-ethyl adjacent to an activating group) is 1. The first-order valence-electron chi connectivity index (χ1n) is 7.87. The van der Waals surface area contributed by atoms with Crippen LogP contribution in [0.3, 0.4) is 0 Å². The molecule has 1 aromatic rings. The van der Waals surface area contributed by atoms with Crippen LogP contribution in [0.4, 0.5) is 0 Å². The van der Waals surface area contributed by atoms with Crippen molar-refractivity contribution in [2.75, 3.05) is 34.1 Å². The Bertz CT molecular complexity index is 551. The molecule has 23 heavy (non-hydrogen) atoms. The van der Waals surface area contributed by atoms with Crippen molar-refractivity contribution in [3.05, 3.63) is 17.7 Å². The number of methoxy groups -OCH3 is 2. The van der Waals surface area contributed by atoms with Crippen molar-refractivity contribution < 1.29 is 14.3 Å². The van der Waals surface area contributed by atoms with Gasteiger partial charge in [-0.3, -0.25) is 9.69 Å². The summed E-state index contributed by atoms with van der Waals surface area (Å²) in [6.07, 6.45) is 5.09. The molecule has 1 N–H and O–H groups in total. The fourth-order valence-electron chi connectivity index (χ4n) is 2.94. The molecule has 1 saturated heterocycles. The number of thioether (sulfide) groups is 1. The van der Waals surface area contributed by atoms with Gasteiger partial charge in [-0.25, -0.2) is 0 Å². The van der Waals surface area contributed by atoms with Crippen LogP contribution in [0.5, 0.6) is 11.5 Å². The van der Waals surface area contributed by atoms with Crippen LogP contribution in [0.25, 0.3) is 0 Å². The summed E-state index contributed by atoms with van der Waals surface area (Å²) in [5.74, 6) is 1.59.